The van der Waals surface area contributed by atoms with Gasteiger partial charge in [-0.3, -0.25) is 4.79 Å². The number of aliphatic hydroxyl groups is 1. The molecule has 0 radical (unpaired) electrons. The SMILES string of the molecule is CC(=O)OC/C=C(\C)CCC=C(C)C.CC(C)=CCCC(C)(C)O.CCCCCC(C)=O.O=C(O)c1ccccc1. The highest BCUT2D eigenvalue weighted by molar-refractivity contribution is 5.87. The molecular weight excluding hydrogens is 516 g/mol. The van der Waals surface area contributed by atoms with Crippen LogP contribution in [0.15, 0.2) is 65.3 Å². The Hall–Kier alpha value is -2.99. The van der Waals surface area contributed by atoms with Crippen LogP contribution < -0.4 is 0 Å². The zero-order valence-corrected chi connectivity index (χ0v) is 27.5. The second-order valence-electron chi connectivity index (χ2n) is 11.1. The molecule has 1 aromatic rings. The first-order chi connectivity index (χ1) is 19.0. The number of Topliss-reactive ketones (excluding diaryl/α,β-unsaturated/α-hetero) is 1. The van der Waals surface area contributed by atoms with Gasteiger partial charge in [0.1, 0.15) is 12.4 Å². The fraction of sp³-hybridized carbons (Fsp3) is 0.571. The van der Waals surface area contributed by atoms with Gasteiger partial charge in [0.2, 0.25) is 0 Å². The van der Waals surface area contributed by atoms with Crippen molar-refractivity contribution in [3.63, 3.8) is 0 Å². The number of carboxylic acids is 1. The van der Waals surface area contributed by atoms with E-state index in [1.807, 2.05) is 19.9 Å². The van der Waals surface area contributed by atoms with Gasteiger partial charge in [-0.25, -0.2) is 4.79 Å². The van der Waals surface area contributed by atoms with Crippen LogP contribution in [-0.2, 0) is 14.3 Å². The molecule has 0 heterocycles. The summed E-state index contributed by atoms with van der Waals surface area (Å²) >= 11 is 0. The van der Waals surface area contributed by atoms with Gasteiger partial charge in [-0.1, -0.05) is 66.8 Å². The molecule has 0 aliphatic carbocycles. The third kappa shape index (κ3) is 41.6. The predicted octanol–water partition coefficient (Wildman–Crippen LogP) is 9.29. The number of aromatic carboxylic acids is 1. The molecule has 0 unspecified atom stereocenters. The van der Waals surface area contributed by atoms with E-state index in [0.29, 0.717) is 18.0 Å². The van der Waals surface area contributed by atoms with Crippen LogP contribution in [0.4, 0.5) is 0 Å². The van der Waals surface area contributed by atoms with Crippen LogP contribution in [0, 0.1) is 0 Å². The average Bonchev–Trinajstić information content (AvgIpc) is 2.84. The highest BCUT2D eigenvalue weighted by atomic mass is 16.5. The maximum absolute atomic E-state index is 10.5. The van der Waals surface area contributed by atoms with E-state index in [1.54, 1.807) is 37.3 Å². The van der Waals surface area contributed by atoms with Crippen LogP contribution in [-0.4, -0.2) is 40.1 Å². The first-order valence-corrected chi connectivity index (χ1v) is 14.6. The number of rotatable bonds is 13. The molecule has 0 bridgehead atoms. The number of esters is 1. The molecule has 0 aliphatic heterocycles. The van der Waals surface area contributed by atoms with Crippen molar-refractivity contribution >= 4 is 17.7 Å². The van der Waals surface area contributed by atoms with Crippen LogP contribution in [0.25, 0.3) is 0 Å². The van der Waals surface area contributed by atoms with E-state index in [-0.39, 0.29) is 5.97 Å². The maximum atomic E-state index is 10.5. The van der Waals surface area contributed by atoms with Crippen molar-refractivity contribution in [1.82, 2.24) is 0 Å². The first-order valence-electron chi connectivity index (χ1n) is 14.6. The number of allylic oxidation sites excluding steroid dienone is 5. The molecule has 6 nitrogen and oxygen atoms in total. The fourth-order valence-corrected chi connectivity index (χ4v) is 2.91. The molecule has 1 rings (SSSR count). The van der Waals surface area contributed by atoms with Crippen LogP contribution in [0.5, 0.6) is 0 Å². The van der Waals surface area contributed by atoms with Gasteiger partial charge in [-0.15, -0.1) is 0 Å². The Kier molecular flexibility index (Phi) is 28.2. The van der Waals surface area contributed by atoms with Crippen molar-refractivity contribution in [2.24, 2.45) is 0 Å². The second-order valence-corrected chi connectivity index (χ2v) is 11.1. The lowest BCUT2D eigenvalue weighted by Crippen LogP contribution is -2.17. The molecule has 1 aromatic carbocycles. The van der Waals surface area contributed by atoms with E-state index in [9.17, 15) is 19.5 Å². The Morgan fingerprint density at radius 1 is 0.805 bits per heavy atom. The van der Waals surface area contributed by atoms with Crippen molar-refractivity contribution in [3.8, 4) is 0 Å². The molecule has 0 saturated carbocycles. The number of hydrogen-bond acceptors (Lipinski definition) is 5. The summed E-state index contributed by atoms with van der Waals surface area (Å²) in [5, 5.41) is 17.7. The molecular formula is C35H58O6. The topological polar surface area (TPSA) is 101 Å². The number of ether oxygens (including phenoxy) is 1. The normalized spacial score (nSPS) is 10.3. The quantitative estimate of drug-likeness (QED) is 0.138. The zero-order chi connectivity index (χ0) is 32.3. The molecule has 6 heteroatoms. The molecule has 0 aliphatic rings. The van der Waals surface area contributed by atoms with Gasteiger partial charge in [0.15, 0.2) is 0 Å². The molecule has 0 saturated heterocycles. The molecule has 0 spiro atoms. The number of ketones is 1. The summed E-state index contributed by atoms with van der Waals surface area (Å²) in [6, 6.07) is 8.30. The minimum absolute atomic E-state index is 0.224. The average molecular weight is 575 g/mol. The summed E-state index contributed by atoms with van der Waals surface area (Å²) in [7, 11) is 0. The minimum Gasteiger partial charge on any atom is -0.478 e. The Morgan fingerprint density at radius 2 is 1.34 bits per heavy atom. The van der Waals surface area contributed by atoms with E-state index in [2.05, 4.69) is 53.7 Å². The Labute approximate surface area is 250 Å². The molecule has 0 amide bonds. The number of benzene rings is 1. The molecule has 0 fully saturated rings. The van der Waals surface area contributed by atoms with Crippen molar-refractivity contribution in [1.29, 1.82) is 0 Å². The molecule has 0 atom stereocenters. The minimum atomic E-state index is -0.879. The van der Waals surface area contributed by atoms with Gasteiger partial charge in [-0.2, -0.15) is 0 Å². The van der Waals surface area contributed by atoms with Crippen molar-refractivity contribution in [2.75, 3.05) is 6.61 Å². The molecule has 0 aromatic heterocycles. The predicted molar refractivity (Wildman–Crippen MR) is 172 cm³/mol. The maximum Gasteiger partial charge on any atom is 0.335 e. The van der Waals surface area contributed by atoms with Gasteiger partial charge in [0, 0.05) is 13.3 Å². The van der Waals surface area contributed by atoms with E-state index in [1.165, 1.54) is 36.5 Å². The second kappa shape index (κ2) is 27.2. The van der Waals surface area contributed by atoms with E-state index in [4.69, 9.17) is 9.84 Å². The summed E-state index contributed by atoms with van der Waals surface area (Å²) < 4.78 is 4.81. The van der Waals surface area contributed by atoms with Gasteiger partial charge < -0.3 is 19.7 Å². The first kappa shape index (κ1) is 42.5. The zero-order valence-electron chi connectivity index (χ0n) is 27.5. The van der Waals surface area contributed by atoms with E-state index in [0.717, 1.165) is 38.5 Å². The fourth-order valence-electron chi connectivity index (χ4n) is 2.91. The number of hydrogen-bond donors (Lipinski definition) is 2. The lowest BCUT2D eigenvalue weighted by Gasteiger charge is -2.14. The Bertz CT molecular complexity index is 910. The summed E-state index contributed by atoms with van der Waals surface area (Å²) in [4.78, 5) is 31.0. The highest BCUT2D eigenvalue weighted by Gasteiger charge is 2.09. The van der Waals surface area contributed by atoms with Crippen LogP contribution in [0.3, 0.4) is 0 Å². The van der Waals surface area contributed by atoms with Gasteiger partial charge in [0.25, 0.3) is 0 Å². The number of carboxylic acid groups (broad SMARTS) is 1. The lowest BCUT2D eigenvalue weighted by molar-refractivity contribution is -0.139. The standard InChI is InChI=1S/C12H20O2.C9H18O.C7H6O2.C7H14O/c1-10(2)6-5-7-11(3)8-9-14-12(4)13;1-8(2)6-5-7-9(3,4)10;8-7(9)6-4-2-1-3-5-6;1-3-4-5-6-7(2)8/h6,8H,5,7,9H2,1-4H3;6,10H,5,7H2,1-4H3;1-5H,(H,8,9);3-6H2,1-2H3/b11-8+;;;. The van der Waals surface area contributed by atoms with Crippen LogP contribution in [0.1, 0.15) is 131 Å². The van der Waals surface area contributed by atoms with Gasteiger partial charge in [-0.05, 0) is 106 Å². The van der Waals surface area contributed by atoms with Crippen LogP contribution in [0.2, 0.25) is 0 Å². The van der Waals surface area contributed by atoms with Crippen molar-refractivity contribution < 1.29 is 29.3 Å². The highest BCUT2D eigenvalue weighted by Crippen LogP contribution is 2.11. The van der Waals surface area contributed by atoms with Crippen molar-refractivity contribution in [2.45, 2.75) is 126 Å². The van der Waals surface area contributed by atoms with Gasteiger partial charge in [0.05, 0.1) is 11.2 Å². The summed E-state index contributed by atoms with van der Waals surface area (Å²) in [5.41, 5.74) is 3.76. The monoisotopic (exact) mass is 574 g/mol. The smallest absolute Gasteiger partial charge is 0.335 e. The lowest BCUT2D eigenvalue weighted by atomic mass is 10.0. The summed E-state index contributed by atoms with van der Waals surface area (Å²) in [6.45, 7) is 19.7. The van der Waals surface area contributed by atoms with E-state index < -0.39 is 11.6 Å². The third-order valence-corrected chi connectivity index (χ3v) is 5.27. The van der Waals surface area contributed by atoms with Gasteiger partial charge >= 0.3 is 11.9 Å². The molecule has 234 valence electrons. The summed E-state index contributed by atoms with van der Waals surface area (Å²) in [5.74, 6) is -0.785. The third-order valence-electron chi connectivity index (χ3n) is 5.27. The number of carbonyl (C=O) groups is 3. The number of carbonyl (C=O) groups excluding carboxylic acids is 2. The van der Waals surface area contributed by atoms with Crippen molar-refractivity contribution in [3.05, 3.63) is 70.8 Å². The summed E-state index contributed by atoms with van der Waals surface area (Å²) in [6.07, 6.45) is 14.5. The molecule has 2 N–H and O–H groups in total. The Morgan fingerprint density at radius 3 is 1.73 bits per heavy atom. The number of unbranched alkanes of at least 4 members (excludes halogenated alkanes) is 2. The van der Waals surface area contributed by atoms with E-state index >= 15 is 0 Å². The largest absolute Gasteiger partial charge is 0.478 e. The van der Waals surface area contributed by atoms with Crippen LogP contribution >= 0.6 is 0 Å². The molecule has 41 heavy (non-hydrogen) atoms. The Balaban J connectivity index is -0.000000481.